The lowest BCUT2D eigenvalue weighted by atomic mass is 10.1. The van der Waals surface area contributed by atoms with Crippen molar-refractivity contribution in [2.45, 2.75) is 12.5 Å². The minimum Gasteiger partial charge on any atom is -0.447 e. The highest BCUT2D eigenvalue weighted by atomic mass is 16.6. The molecule has 1 aliphatic heterocycles. The number of nitrogens with zero attached hydrogens (tertiary/aromatic N) is 1. The summed E-state index contributed by atoms with van der Waals surface area (Å²) in [6.07, 6.45) is 2.03. The Kier molecular flexibility index (Phi) is 2.72. The Bertz CT molecular complexity index is 361. The van der Waals surface area contributed by atoms with Crippen LogP contribution in [0.5, 0.6) is 0 Å². The van der Waals surface area contributed by atoms with Gasteiger partial charge in [-0.25, -0.2) is 4.79 Å². The van der Waals surface area contributed by atoms with E-state index >= 15 is 0 Å². The van der Waals surface area contributed by atoms with Crippen molar-refractivity contribution < 1.29 is 9.53 Å². The first kappa shape index (κ1) is 9.77. The first-order chi connectivity index (χ1) is 7.31. The summed E-state index contributed by atoms with van der Waals surface area (Å²) >= 11 is 0. The maximum atomic E-state index is 11.2. The van der Waals surface area contributed by atoms with Crippen LogP contribution in [0, 0.1) is 0 Å². The molecule has 0 saturated carbocycles. The number of ether oxygens (including phenoxy) is 1. The van der Waals surface area contributed by atoms with E-state index in [0.29, 0.717) is 6.61 Å². The van der Waals surface area contributed by atoms with Crippen LogP contribution in [0.2, 0.25) is 0 Å². The number of amides is 1. The number of carbonyl (C=O) groups is 1. The minimum absolute atomic E-state index is 0.0809. The third-order valence-corrected chi connectivity index (χ3v) is 2.51. The van der Waals surface area contributed by atoms with Gasteiger partial charge in [0.15, 0.2) is 0 Å². The Morgan fingerprint density at radius 1 is 1.47 bits per heavy atom. The van der Waals surface area contributed by atoms with Gasteiger partial charge in [-0.15, -0.1) is 0 Å². The lowest BCUT2D eigenvalue weighted by molar-refractivity contribution is 0.166. The quantitative estimate of drug-likeness (QED) is 0.753. The molecule has 15 heavy (non-hydrogen) atoms. The topological polar surface area (TPSA) is 29.5 Å². The first-order valence-corrected chi connectivity index (χ1v) is 4.93. The summed E-state index contributed by atoms with van der Waals surface area (Å²) in [6.45, 7) is 4.05. The predicted octanol–water partition coefficient (Wildman–Crippen LogP) is 2.19. The Hall–Kier alpha value is -1.77. The standard InChI is InChI=1S/C12H13NO2/c1-2-13-11(9-15-12(13)14)8-10-6-4-3-5-7-10/h2-7,11H,1,8-9H2. The molecule has 0 radical (unpaired) electrons. The number of hydrogen-bond donors (Lipinski definition) is 0. The van der Waals surface area contributed by atoms with E-state index < -0.39 is 0 Å². The number of benzene rings is 1. The molecule has 1 aromatic rings. The second-order valence-electron chi connectivity index (χ2n) is 3.51. The van der Waals surface area contributed by atoms with Gasteiger partial charge < -0.3 is 4.74 Å². The van der Waals surface area contributed by atoms with E-state index in [-0.39, 0.29) is 12.1 Å². The molecule has 1 atom stereocenters. The third kappa shape index (κ3) is 2.01. The molecule has 3 nitrogen and oxygen atoms in total. The zero-order chi connectivity index (χ0) is 10.7. The van der Waals surface area contributed by atoms with Crippen LogP contribution >= 0.6 is 0 Å². The second-order valence-corrected chi connectivity index (χ2v) is 3.51. The summed E-state index contributed by atoms with van der Waals surface area (Å²) in [5.74, 6) is 0. The van der Waals surface area contributed by atoms with Crippen LogP contribution < -0.4 is 0 Å². The molecule has 2 rings (SSSR count). The number of cyclic esters (lactones) is 1. The lowest BCUT2D eigenvalue weighted by Gasteiger charge is -2.16. The molecule has 1 saturated heterocycles. The Balaban J connectivity index is 2.07. The molecule has 0 bridgehead atoms. The van der Waals surface area contributed by atoms with Crippen molar-refractivity contribution in [3.8, 4) is 0 Å². The number of rotatable bonds is 3. The largest absolute Gasteiger partial charge is 0.447 e. The van der Waals surface area contributed by atoms with Crippen LogP contribution in [-0.4, -0.2) is 23.6 Å². The average molecular weight is 203 g/mol. The van der Waals surface area contributed by atoms with Gasteiger partial charge in [-0.3, -0.25) is 4.90 Å². The summed E-state index contributed by atoms with van der Waals surface area (Å²) in [4.78, 5) is 12.8. The number of carbonyl (C=O) groups excluding carboxylic acids is 1. The summed E-state index contributed by atoms with van der Waals surface area (Å²) < 4.78 is 4.96. The van der Waals surface area contributed by atoms with E-state index in [1.807, 2.05) is 30.3 Å². The van der Waals surface area contributed by atoms with Gasteiger partial charge in [0.05, 0.1) is 6.04 Å². The van der Waals surface area contributed by atoms with Crippen molar-refractivity contribution in [3.05, 3.63) is 48.7 Å². The van der Waals surface area contributed by atoms with E-state index in [1.165, 1.54) is 11.8 Å². The van der Waals surface area contributed by atoms with Crippen molar-refractivity contribution in [3.63, 3.8) is 0 Å². The van der Waals surface area contributed by atoms with Crippen LogP contribution in [0.3, 0.4) is 0 Å². The van der Waals surface area contributed by atoms with E-state index in [1.54, 1.807) is 4.90 Å². The van der Waals surface area contributed by atoms with E-state index in [9.17, 15) is 4.79 Å². The van der Waals surface area contributed by atoms with Gasteiger partial charge in [-0.1, -0.05) is 36.9 Å². The molecule has 0 aliphatic carbocycles. The van der Waals surface area contributed by atoms with Gasteiger partial charge in [0, 0.05) is 6.20 Å². The normalized spacial score (nSPS) is 20.1. The maximum absolute atomic E-state index is 11.2. The monoisotopic (exact) mass is 203 g/mol. The van der Waals surface area contributed by atoms with Crippen LogP contribution in [0.25, 0.3) is 0 Å². The Morgan fingerprint density at radius 2 is 2.20 bits per heavy atom. The zero-order valence-corrected chi connectivity index (χ0v) is 8.43. The maximum Gasteiger partial charge on any atom is 0.414 e. The molecule has 0 spiro atoms. The molecule has 1 aliphatic rings. The van der Waals surface area contributed by atoms with Gasteiger partial charge in [0.2, 0.25) is 0 Å². The second kappa shape index (κ2) is 4.17. The van der Waals surface area contributed by atoms with Crippen molar-refractivity contribution in [2.24, 2.45) is 0 Å². The van der Waals surface area contributed by atoms with Crippen LogP contribution in [-0.2, 0) is 11.2 Å². The van der Waals surface area contributed by atoms with E-state index in [2.05, 4.69) is 6.58 Å². The fourth-order valence-electron chi connectivity index (χ4n) is 1.74. The van der Waals surface area contributed by atoms with Crippen molar-refractivity contribution in [1.29, 1.82) is 0 Å². The van der Waals surface area contributed by atoms with Crippen LogP contribution in [0.4, 0.5) is 4.79 Å². The predicted molar refractivity (Wildman–Crippen MR) is 57.3 cm³/mol. The molecule has 1 unspecified atom stereocenters. The van der Waals surface area contributed by atoms with Gasteiger partial charge in [-0.2, -0.15) is 0 Å². The van der Waals surface area contributed by atoms with Gasteiger partial charge >= 0.3 is 6.09 Å². The third-order valence-electron chi connectivity index (χ3n) is 2.51. The smallest absolute Gasteiger partial charge is 0.414 e. The fourth-order valence-corrected chi connectivity index (χ4v) is 1.74. The van der Waals surface area contributed by atoms with Gasteiger partial charge in [0.1, 0.15) is 6.61 Å². The minimum atomic E-state index is -0.300. The zero-order valence-electron chi connectivity index (χ0n) is 8.43. The van der Waals surface area contributed by atoms with Crippen LogP contribution in [0.1, 0.15) is 5.56 Å². The fraction of sp³-hybridized carbons (Fsp3) is 0.250. The molecule has 0 N–H and O–H groups in total. The molecular formula is C12H13NO2. The molecular weight excluding hydrogens is 190 g/mol. The highest BCUT2D eigenvalue weighted by Gasteiger charge is 2.30. The molecule has 1 heterocycles. The van der Waals surface area contributed by atoms with E-state index in [4.69, 9.17) is 4.74 Å². The molecule has 78 valence electrons. The Morgan fingerprint density at radius 3 is 2.87 bits per heavy atom. The van der Waals surface area contributed by atoms with Gasteiger partial charge in [-0.05, 0) is 12.0 Å². The summed E-state index contributed by atoms with van der Waals surface area (Å²) in [7, 11) is 0. The average Bonchev–Trinajstić information content (AvgIpc) is 2.61. The highest BCUT2D eigenvalue weighted by Crippen LogP contribution is 2.16. The summed E-state index contributed by atoms with van der Waals surface area (Å²) in [5.41, 5.74) is 1.20. The highest BCUT2D eigenvalue weighted by molar-refractivity contribution is 5.71. The molecule has 0 aromatic heterocycles. The molecule has 1 fully saturated rings. The van der Waals surface area contributed by atoms with Crippen molar-refractivity contribution in [1.82, 2.24) is 4.90 Å². The van der Waals surface area contributed by atoms with Gasteiger partial charge in [0.25, 0.3) is 0 Å². The van der Waals surface area contributed by atoms with Crippen LogP contribution in [0.15, 0.2) is 43.1 Å². The molecule has 1 aromatic carbocycles. The SMILES string of the molecule is C=CN1C(=O)OCC1Cc1ccccc1. The Labute approximate surface area is 89.0 Å². The van der Waals surface area contributed by atoms with E-state index in [0.717, 1.165) is 6.42 Å². The summed E-state index contributed by atoms with van der Waals surface area (Å²) in [5, 5.41) is 0. The molecule has 3 heteroatoms. The number of hydrogen-bond acceptors (Lipinski definition) is 2. The first-order valence-electron chi connectivity index (χ1n) is 4.93. The van der Waals surface area contributed by atoms with Crippen molar-refractivity contribution in [2.75, 3.05) is 6.61 Å². The lowest BCUT2D eigenvalue weighted by Crippen LogP contribution is -2.29. The summed E-state index contributed by atoms with van der Waals surface area (Å²) in [6, 6.07) is 10.1. The van der Waals surface area contributed by atoms with Crippen molar-refractivity contribution >= 4 is 6.09 Å². The molecule has 1 amide bonds.